The Bertz CT molecular complexity index is 546. The second kappa shape index (κ2) is 9.00. The summed E-state index contributed by atoms with van der Waals surface area (Å²) in [4.78, 5) is 27.7. The number of rotatable bonds is 10. The molecule has 0 aliphatic carbocycles. The number of ether oxygens (including phenoxy) is 1. The van der Waals surface area contributed by atoms with Gasteiger partial charge in [-0.3, -0.25) is 14.5 Å². The van der Waals surface area contributed by atoms with Crippen LogP contribution in [0.1, 0.15) is 12.8 Å². The largest absolute Gasteiger partial charge is 0.380 e. The monoisotopic (exact) mass is 324 g/mol. The summed E-state index contributed by atoms with van der Waals surface area (Å²) >= 11 is 0. The molecule has 0 bridgehead atoms. The van der Waals surface area contributed by atoms with Gasteiger partial charge in [0.05, 0.1) is 13.2 Å². The zero-order valence-corrected chi connectivity index (χ0v) is 14.2. The number of hydrogen-bond donors (Lipinski definition) is 2. The second-order valence-corrected chi connectivity index (χ2v) is 6.23. The van der Waals surface area contributed by atoms with E-state index in [1.165, 1.54) is 0 Å². The number of hydrogen-bond acceptors (Lipinski definition) is 7. The highest BCUT2D eigenvalue weighted by molar-refractivity contribution is 5.73. The van der Waals surface area contributed by atoms with Crippen LogP contribution in [0.5, 0.6) is 0 Å². The van der Waals surface area contributed by atoms with Gasteiger partial charge in [-0.25, -0.2) is 0 Å². The van der Waals surface area contributed by atoms with Crippen LogP contribution in [0.3, 0.4) is 0 Å². The summed E-state index contributed by atoms with van der Waals surface area (Å²) in [6.45, 7) is 6.87. The van der Waals surface area contributed by atoms with E-state index < -0.39 is 10.9 Å². The third-order valence-electron chi connectivity index (χ3n) is 4.05. The fourth-order valence-corrected chi connectivity index (χ4v) is 2.68. The van der Waals surface area contributed by atoms with E-state index in [9.17, 15) is 9.59 Å². The SMILES string of the molecule is CN(C)CCCNc1c(NCCCN2CCOCC2)c(=O)c1=O. The molecule has 130 valence electrons. The summed E-state index contributed by atoms with van der Waals surface area (Å²) in [6, 6.07) is 0. The first kappa shape index (κ1) is 17.9. The van der Waals surface area contributed by atoms with Crippen molar-refractivity contribution in [3.05, 3.63) is 20.4 Å². The Kier molecular flexibility index (Phi) is 7.01. The lowest BCUT2D eigenvalue weighted by atomic mass is 10.2. The first-order valence-electron chi connectivity index (χ1n) is 8.35. The van der Waals surface area contributed by atoms with Crippen LogP contribution in [0, 0.1) is 0 Å². The molecular formula is C16H28N4O3. The van der Waals surface area contributed by atoms with E-state index in [4.69, 9.17) is 4.74 Å². The van der Waals surface area contributed by atoms with Gasteiger partial charge in [0.15, 0.2) is 0 Å². The Balaban J connectivity index is 1.69. The van der Waals surface area contributed by atoms with Gasteiger partial charge < -0.3 is 20.3 Å². The minimum Gasteiger partial charge on any atom is -0.380 e. The first-order chi connectivity index (χ1) is 11.1. The molecule has 2 N–H and O–H groups in total. The molecule has 7 heteroatoms. The highest BCUT2D eigenvalue weighted by Crippen LogP contribution is 2.14. The molecule has 0 atom stereocenters. The van der Waals surface area contributed by atoms with E-state index >= 15 is 0 Å². The van der Waals surface area contributed by atoms with E-state index in [0.717, 1.165) is 52.2 Å². The van der Waals surface area contributed by atoms with Gasteiger partial charge in [-0.05, 0) is 40.0 Å². The van der Waals surface area contributed by atoms with E-state index in [0.29, 0.717) is 24.5 Å². The molecular weight excluding hydrogens is 296 g/mol. The van der Waals surface area contributed by atoms with Crippen LogP contribution in [0.15, 0.2) is 9.59 Å². The van der Waals surface area contributed by atoms with Crippen molar-refractivity contribution in [1.82, 2.24) is 9.80 Å². The van der Waals surface area contributed by atoms with E-state index in [1.807, 2.05) is 14.1 Å². The highest BCUT2D eigenvalue weighted by atomic mass is 16.5. The molecule has 1 aromatic rings. The molecule has 0 aromatic heterocycles. The van der Waals surface area contributed by atoms with Crippen molar-refractivity contribution in [2.75, 3.05) is 77.2 Å². The van der Waals surface area contributed by atoms with Gasteiger partial charge >= 0.3 is 0 Å². The second-order valence-electron chi connectivity index (χ2n) is 6.23. The predicted octanol–water partition coefficient (Wildman–Crippen LogP) is -0.220. The van der Waals surface area contributed by atoms with Crippen molar-refractivity contribution in [3.8, 4) is 0 Å². The summed E-state index contributed by atoms with van der Waals surface area (Å²) in [5.41, 5.74) is 0.124. The van der Waals surface area contributed by atoms with Crippen molar-refractivity contribution in [2.24, 2.45) is 0 Å². The first-order valence-corrected chi connectivity index (χ1v) is 8.35. The van der Waals surface area contributed by atoms with Crippen molar-refractivity contribution in [2.45, 2.75) is 12.8 Å². The van der Waals surface area contributed by atoms with E-state index in [-0.39, 0.29) is 0 Å². The smallest absolute Gasteiger partial charge is 0.253 e. The summed E-state index contributed by atoms with van der Waals surface area (Å²) < 4.78 is 5.31. The minimum atomic E-state index is -0.398. The topological polar surface area (TPSA) is 73.9 Å². The van der Waals surface area contributed by atoms with Gasteiger partial charge in [0.25, 0.3) is 10.9 Å². The molecule has 7 nitrogen and oxygen atoms in total. The average molecular weight is 324 g/mol. The molecule has 2 rings (SSSR count). The van der Waals surface area contributed by atoms with Crippen molar-refractivity contribution < 1.29 is 4.74 Å². The summed E-state index contributed by atoms with van der Waals surface area (Å²) in [7, 11) is 4.03. The van der Waals surface area contributed by atoms with Gasteiger partial charge in [0.1, 0.15) is 11.4 Å². The van der Waals surface area contributed by atoms with Crippen LogP contribution in [-0.4, -0.2) is 76.4 Å². The lowest BCUT2D eigenvalue weighted by Crippen LogP contribution is -2.39. The van der Waals surface area contributed by atoms with Crippen LogP contribution in [0.4, 0.5) is 11.4 Å². The third kappa shape index (κ3) is 5.30. The van der Waals surface area contributed by atoms with Gasteiger partial charge in [-0.15, -0.1) is 0 Å². The van der Waals surface area contributed by atoms with E-state index in [2.05, 4.69) is 20.4 Å². The Morgan fingerprint density at radius 2 is 1.57 bits per heavy atom. The molecule has 1 aromatic carbocycles. The Morgan fingerprint density at radius 3 is 2.13 bits per heavy atom. The molecule has 0 amide bonds. The molecule has 0 unspecified atom stereocenters. The summed E-state index contributed by atoms with van der Waals surface area (Å²) in [5, 5.41) is 6.21. The Labute approximate surface area is 137 Å². The molecule has 1 saturated heterocycles. The quantitative estimate of drug-likeness (QED) is 0.455. The standard InChI is InChI=1S/C16H28N4O3/c1-19(2)7-3-5-17-13-14(16(22)15(13)21)18-6-4-8-20-9-11-23-12-10-20/h17-18H,3-12H2,1-2H3. The fraction of sp³-hybridized carbons (Fsp3) is 0.750. The average Bonchev–Trinajstić information content (AvgIpc) is 2.56. The summed E-state index contributed by atoms with van der Waals surface area (Å²) in [6.07, 6.45) is 1.88. The number of nitrogens with one attached hydrogen (secondary N) is 2. The van der Waals surface area contributed by atoms with Gasteiger partial charge in [0.2, 0.25) is 0 Å². The van der Waals surface area contributed by atoms with Crippen molar-refractivity contribution in [1.29, 1.82) is 0 Å². The predicted molar refractivity (Wildman–Crippen MR) is 93.4 cm³/mol. The third-order valence-corrected chi connectivity index (χ3v) is 4.05. The van der Waals surface area contributed by atoms with Crippen LogP contribution in [-0.2, 0) is 4.74 Å². The normalized spacial score (nSPS) is 16.1. The van der Waals surface area contributed by atoms with Gasteiger partial charge in [0, 0.05) is 26.2 Å². The fourth-order valence-electron chi connectivity index (χ4n) is 2.68. The minimum absolute atomic E-state index is 0.397. The molecule has 1 heterocycles. The van der Waals surface area contributed by atoms with Crippen LogP contribution in [0.25, 0.3) is 0 Å². The van der Waals surface area contributed by atoms with E-state index in [1.54, 1.807) is 0 Å². The maximum atomic E-state index is 11.7. The molecule has 23 heavy (non-hydrogen) atoms. The Hall–Kier alpha value is -1.44. The van der Waals surface area contributed by atoms with Crippen molar-refractivity contribution in [3.63, 3.8) is 0 Å². The molecule has 1 aliphatic rings. The maximum Gasteiger partial charge on any atom is 0.253 e. The zero-order chi connectivity index (χ0) is 16.7. The van der Waals surface area contributed by atoms with Crippen molar-refractivity contribution >= 4 is 11.4 Å². The maximum absolute atomic E-state index is 11.7. The van der Waals surface area contributed by atoms with Crippen LogP contribution in [0.2, 0.25) is 0 Å². The number of nitrogens with zero attached hydrogens (tertiary/aromatic N) is 2. The van der Waals surface area contributed by atoms with Crippen LogP contribution < -0.4 is 21.5 Å². The molecule has 0 radical (unpaired) electrons. The Morgan fingerprint density at radius 1 is 1.00 bits per heavy atom. The van der Waals surface area contributed by atoms with Gasteiger partial charge in [-0.2, -0.15) is 0 Å². The highest BCUT2D eigenvalue weighted by Gasteiger charge is 2.20. The molecule has 0 saturated carbocycles. The van der Waals surface area contributed by atoms with Crippen LogP contribution >= 0.6 is 0 Å². The number of anilines is 2. The lowest BCUT2D eigenvalue weighted by Gasteiger charge is -2.26. The number of morpholine rings is 1. The molecule has 1 aliphatic heterocycles. The molecule has 0 spiro atoms. The summed E-state index contributed by atoms with van der Waals surface area (Å²) in [5.74, 6) is 0. The lowest BCUT2D eigenvalue weighted by molar-refractivity contribution is 0.0378. The molecule has 1 fully saturated rings. The van der Waals surface area contributed by atoms with Gasteiger partial charge in [-0.1, -0.05) is 0 Å². The zero-order valence-electron chi connectivity index (χ0n) is 14.2.